The number of para-hydroxylation sites is 1. The molecule has 0 bridgehead atoms. The zero-order valence-electron chi connectivity index (χ0n) is 11.4. The fraction of sp³-hybridized carbons (Fsp3) is 0.0667. The molecule has 2 aromatic rings. The van der Waals surface area contributed by atoms with E-state index in [1.165, 1.54) is 18.2 Å². The van der Waals surface area contributed by atoms with Crippen LogP contribution in [-0.2, 0) is 6.18 Å². The Morgan fingerprint density at radius 1 is 1.22 bits per heavy atom. The summed E-state index contributed by atoms with van der Waals surface area (Å²) in [5.74, 6) is -1.03. The first-order chi connectivity index (χ1) is 10.8. The van der Waals surface area contributed by atoms with Gasteiger partial charge in [0.2, 0.25) is 0 Å². The maximum atomic E-state index is 12.6. The van der Waals surface area contributed by atoms with Crippen LogP contribution in [0.25, 0.3) is 0 Å². The number of hydrazone groups is 1. The van der Waals surface area contributed by atoms with Crippen LogP contribution < -0.4 is 5.43 Å². The minimum Gasteiger partial charge on any atom is -0.506 e. The van der Waals surface area contributed by atoms with Crippen molar-refractivity contribution in [1.29, 1.82) is 0 Å². The number of aromatic hydroxyl groups is 1. The molecule has 0 spiro atoms. The van der Waals surface area contributed by atoms with Crippen molar-refractivity contribution in [3.63, 3.8) is 0 Å². The Morgan fingerprint density at radius 3 is 2.61 bits per heavy atom. The number of nitrogens with one attached hydrogen (secondary N) is 1. The predicted octanol–water partition coefficient (Wildman–Crippen LogP) is 3.83. The minimum atomic E-state index is -4.54. The minimum absolute atomic E-state index is 0.109. The molecular weight excluding hydrogens is 333 g/mol. The first-order valence-electron chi connectivity index (χ1n) is 6.27. The van der Waals surface area contributed by atoms with E-state index in [1.807, 2.05) is 0 Å². The van der Waals surface area contributed by atoms with Crippen molar-refractivity contribution in [1.82, 2.24) is 5.43 Å². The number of hydrogen-bond acceptors (Lipinski definition) is 3. The molecule has 0 radical (unpaired) electrons. The van der Waals surface area contributed by atoms with Gasteiger partial charge in [0.15, 0.2) is 0 Å². The molecule has 0 aliphatic carbocycles. The maximum Gasteiger partial charge on any atom is 0.416 e. The third-order valence-corrected chi connectivity index (χ3v) is 3.14. The van der Waals surface area contributed by atoms with Crippen LogP contribution in [0.3, 0.4) is 0 Å². The van der Waals surface area contributed by atoms with Gasteiger partial charge < -0.3 is 5.11 Å². The molecule has 120 valence electrons. The molecule has 4 nitrogen and oxygen atoms in total. The quantitative estimate of drug-likeness (QED) is 0.658. The average molecular weight is 343 g/mol. The van der Waals surface area contributed by atoms with Crippen molar-refractivity contribution in [3.8, 4) is 5.75 Å². The molecule has 2 N–H and O–H groups in total. The zero-order chi connectivity index (χ0) is 17.0. The fourth-order valence-corrected chi connectivity index (χ4v) is 1.88. The molecule has 0 aromatic heterocycles. The first-order valence-corrected chi connectivity index (χ1v) is 6.65. The van der Waals surface area contributed by atoms with E-state index in [0.717, 1.165) is 24.4 Å². The number of hydrogen-bond donors (Lipinski definition) is 2. The molecule has 0 saturated carbocycles. The summed E-state index contributed by atoms with van der Waals surface area (Å²) in [7, 11) is 0. The Labute approximate surface area is 134 Å². The smallest absolute Gasteiger partial charge is 0.416 e. The molecule has 23 heavy (non-hydrogen) atoms. The predicted molar refractivity (Wildman–Crippen MR) is 79.6 cm³/mol. The van der Waals surface area contributed by atoms with Crippen molar-refractivity contribution >= 4 is 23.7 Å². The highest BCUT2D eigenvalue weighted by molar-refractivity contribution is 6.32. The molecule has 0 saturated heterocycles. The molecule has 8 heteroatoms. The van der Waals surface area contributed by atoms with Crippen LogP contribution in [0.2, 0.25) is 5.02 Å². The zero-order valence-corrected chi connectivity index (χ0v) is 12.2. The molecule has 0 aliphatic rings. The van der Waals surface area contributed by atoms with Crippen LogP contribution in [0.5, 0.6) is 5.75 Å². The lowest BCUT2D eigenvalue weighted by atomic mass is 10.1. The van der Waals surface area contributed by atoms with E-state index in [9.17, 15) is 23.1 Å². The maximum absolute atomic E-state index is 12.6. The topological polar surface area (TPSA) is 61.7 Å². The van der Waals surface area contributed by atoms with E-state index in [1.54, 1.807) is 6.07 Å². The Balaban J connectivity index is 2.11. The molecule has 2 rings (SSSR count). The summed E-state index contributed by atoms with van der Waals surface area (Å²) in [5.41, 5.74) is 1.22. The Kier molecular flexibility index (Phi) is 4.90. The molecule has 0 aliphatic heterocycles. The summed E-state index contributed by atoms with van der Waals surface area (Å²) >= 11 is 5.71. The lowest BCUT2D eigenvalue weighted by molar-refractivity contribution is -0.137. The second-order valence-corrected chi connectivity index (χ2v) is 4.86. The largest absolute Gasteiger partial charge is 0.506 e. The second-order valence-electron chi connectivity index (χ2n) is 4.46. The fourth-order valence-electron chi connectivity index (χ4n) is 1.70. The summed E-state index contributed by atoms with van der Waals surface area (Å²) in [4.78, 5) is 11.8. The van der Waals surface area contributed by atoms with E-state index in [2.05, 4.69) is 10.5 Å². The second kappa shape index (κ2) is 6.70. The number of amides is 1. The number of carbonyl (C=O) groups is 1. The number of carbonyl (C=O) groups excluding carboxylic acids is 1. The van der Waals surface area contributed by atoms with E-state index in [0.29, 0.717) is 0 Å². The van der Waals surface area contributed by atoms with Crippen LogP contribution in [0.1, 0.15) is 21.5 Å². The van der Waals surface area contributed by atoms with E-state index < -0.39 is 17.6 Å². The number of rotatable bonds is 3. The summed E-state index contributed by atoms with van der Waals surface area (Å²) < 4.78 is 37.8. The van der Waals surface area contributed by atoms with Crippen LogP contribution in [0.15, 0.2) is 47.6 Å². The third-order valence-electron chi connectivity index (χ3n) is 2.84. The van der Waals surface area contributed by atoms with Crippen LogP contribution >= 0.6 is 11.6 Å². The van der Waals surface area contributed by atoms with E-state index >= 15 is 0 Å². The lowest BCUT2D eigenvalue weighted by Gasteiger charge is -2.07. The summed E-state index contributed by atoms with van der Waals surface area (Å²) in [6.45, 7) is 0. The van der Waals surface area contributed by atoms with Crippen LogP contribution in [0.4, 0.5) is 13.2 Å². The highest BCUT2D eigenvalue weighted by Crippen LogP contribution is 2.29. The molecular formula is C15H10ClF3N2O2. The lowest BCUT2D eigenvalue weighted by Crippen LogP contribution is -2.18. The van der Waals surface area contributed by atoms with E-state index in [-0.39, 0.29) is 21.9 Å². The first kappa shape index (κ1) is 16.8. The number of phenolic OH excluding ortho intramolecular Hbond substituents is 1. The summed E-state index contributed by atoms with van der Waals surface area (Å²) in [6.07, 6.45) is -3.40. The van der Waals surface area contributed by atoms with Gasteiger partial charge >= 0.3 is 6.18 Å². The molecule has 0 fully saturated rings. The normalized spacial score (nSPS) is 11.7. The van der Waals surface area contributed by atoms with Crippen LogP contribution in [-0.4, -0.2) is 17.2 Å². The highest BCUT2D eigenvalue weighted by Gasteiger charge is 2.30. The van der Waals surface area contributed by atoms with Gasteiger partial charge in [0.25, 0.3) is 5.91 Å². The standard InChI is InChI=1S/C15H10ClF3N2O2/c16-12-6-2-4-10(13(12)22)8-20-21-14(23)9-3-1-5-11(7-9)15(17,18)19/h1-8,22H,(H,21,23). The molecule has 0 heterocycles. The van der Waals surface area contributed by atoms with Crippen molar-refractivity contribution in [2.24, 2.45) is 5.10 Å². The Bertz CT molecular complexity index is 761. The van der Waals surface area contributed by atoms with Gasteiger partial charge in [0.1, 0.15) is 5.75 Å². The van der Waals surface area contributed by atoms with Gasteiger partial charge in [-0.15, -0.1) is 0 Å². The van der Waals surface area contributed by atoms with Crippen molar-refractivity contribution in [2.75, 3.05) is 0 Å². The monoisotopic (exact) mass is 342 g/mol. The molecule has 2 aromatic carbocycles. The van der Waals surface area contributed by atoms with Crippen molar-refractivity contribution < 1.29 is 23.1 Å². The third kappa shape index (κ3) is 4.23. The summed E-state index contributed by atoms with van der Waals surface area (Å²) in [6, 6.07) is 8.49. The molecule has 0 atom stereocenters. The van der Waals surface area contributed by atoms with Gasteiger partial charge in [-0.05, 0) is 30.3 Å². The number of alkyl halides is 3. The van der Waals surface area contributed by atoms with Crippen LogP contribution in [0, 0.1) is 0 Å². The molecule has 0 unspecified atom stereocenters. The number of nitrogens with zero attached hydrogens (tertiary/aromatic N) is 1. The number of benzene rings is 2. The molecule has 1 amide bonds. The number of phenols is 1. The highest BCUT2D eigenvalue weighted by atomic mass is 35.5. The summed E-state index contributed by atoms with van der Waals surface area (Å²) in [5, 5.41) is 13.3. The Morgan fingerprint density at radius 2 is 1.91 bits per heavy atom. The van der Waals surface area contributed by atoms with Crippen molar-refractivity contribution in [3.05, 3.63) is 64.2 Å². The van der Waals surface area contributed by atoms with Crippen molar-refractivity contribution in [2.45, 2.75) is 6.18 Å². The van der Waals surface area contributed by atoms with E-state index in [4.69, 9.17) is 11.6 Å². The SMILES string of the molecule is O=C(NN=Cc1cccc(Cl)c1O)c1cccc(C(F)(F)F)c1. The van der Waals surface area contributed by atoms with Gasteiger partial charge in [-0.3, -0.25) is 4.79 Å². The average Bonchev–Trinajstić information content (AvgIpc) is 2.50. The van der Waals surface area contributed by atoms with Gasteiger partial charge in [-0.2, -0.15) is 18.3 Å². The van der Waals surface area contributed by atoms with Gasteiger partial charge in [-0.1, -0.05) is 23.7 Å². The van der Waals surface area contributed by atoms with Gasteiger partial charge in [0, 0.05) is 11.1 Å². The van der Waals surface area contributed by atoms with Gasteiger partial charge in [-0.25, -0.2) is 5.43 Å². The Hall–Kier alpha value is -2.54. The number of halogens is 4. The van der Waals surface area contributed by atoms with Gasteiger partial charge in [0.05, 0.1) is 16.8 Å².